The molecule has 0 unspecified atom stereocenters. The molecular weight excluding hydrogens is 304 g/mol. The van der Waals surface area contributed by atoms with Gasteiger partial charge in [-0.3, -0.25) is 10.1 Å². The molecule has 0 spiro atoms. The Labute approximate surface area is 132 Å². The summed E-state index contributed by atoms with van der Waals surface area (Å²) in [5.74, 6) is -0.153. The molecule has 0 aliphatic carbocycles. The lowest BCUT2D eigenvalue weighted by molar-refractivity contribution is 0.102. The molecule has 3 rings (SSSR count). The first kappa shape index (κ1) is 14.6. The Kier molecular flexibility index (Phi) is 4.95. The molecule has 1 N–H and O–H groups in total. The van der Waals surface area contributed by atoms with Gasteiger partial charge < -0.3 is 4.90 Å². The number of carbonyl (C=O) groups excluding carboxylic acids is 1. The summed E-state index contributed by atoms with van der Waals surface area (Å²) >= 11 is 2.98. The highest BCUT2D eigenvalue weighted by Crippen LogP contribution is 2.18. The highest BCUT2D eigenvalue weighted by molar-refractivity contribution is 7.13. The molecule has 1 aliphatic heterocycles. The molecule has 0 aromatic carbocycles. The van der Waals surface area contributed by atoms with Crippen molar-refractivity contribution in [2.24, 2.45) is 0 Å². The van der Waals surface area contributed by atoms with Crippen molar-refractivity contribution in [1.82, 2.24) is 14.9 Å². The fourth-order valence-electron chi connectivity index (χ4n) is 2.52. The third-order valence-corrected chi connectivity index (χ3v) is 5.19. The molecule has 0 radical (unpaired) electrons. The van der Waals surface area contributed by atoms with E-state index < -0.39 is 0 Å². The van der Waals surface area contributed by atoms with Crippen LogP contribution < -0.4 is 5.32 Å². The van der Waals surface area contributed by atoms with Gasteiger partial charge in [0.2, 0.25) is 0 Å². The van der Waals surface area contributed by atoms with Gasteiger partial charge in [-0.1, -0.05) is 6.42 Å². The van der Waals surface area contributed by atoms with E-state index in [9.17, 15) is 4.79 Å². The standard InChI is InChI=1S/C14H18N4OS2/c19-13(17-14-15-5-9-20-14)12-11(21-10-16-12)4-8-18-6-2-1-3-7-18/h5,9-10H,1-4,6-8H2,(H,15,17,19). The summed E-state index contributed by atoms with van der Waals surface area (Å²) in [6.07, 6.45) is 6.50. The maximum Gasteiger partial charge on any atom is 0.277 e. The quantitative estimate of drug-likeness (QED) is 0.919. The number of nitrogens with one attached hydrogen (secondary N) is 1. The van der Waals surface area contributed by atoms with Crippen LogP contribution in [0.4, 0.5) is 5.13 Å². The van der Waals surface area contributed by atoms with E-state index in [1.54, 1.807) is 23.0 Å². The van der Waals surface area contributed by atoms with Crippen molar-refractivity contribution in [3.8, 4) is 0 Å². The first-order valence-electron chi connectivity index (χ1n) is 7.18. The average molecular weight is 322 g/mol. The molecule has 1 aliphatic rings. The van der Waals surface area contributed by atoms with Gasteiger partial charge in [-0.2, -0.15) is 0 Å². The molecule has 0 atom stereocenters. The normalized spacial score (nSPS) is 16.0. The van der Waals surface area contributed by atoms with Crippen molar-refractivity contribution < 1.29 is 4.79 Å². The Morgan fingerprint density at radius 2 is 2.10 bits per heavy atom. The second-order valence-electron chi connectivity index (χ2n) is 5.07. The predicted molar refractivity (Wildman–Crippen MR) is 86.2 cm³/mol. The number of hydrogen-bond donors (Lipinski definition) is 1. The Balaban J connectivity index is 1.59. The lowest BCUT2D eigenvalue weighted by atomic mass is 10.1. The molecule has 2 aromatic rings. The lowest BCUT2D eigenvalue weighted by Crippen LogP contribution is -2.31. The monoisotopic (exact) mass is 322 g/mol. The first-order chi connectivity index (χ1) is 10.3. The number of thiazole rings is 2. The van der Waals surface area contributed by atoms with E-state index in [-0.39, 0.29) is 5.91 Å². The van der Waals surface area contributed by atoms with Crippen LogP contribution >= 0.6 is 22.7 Å². The minimum atomic E-state index is -0.153. The maximum absolute atomic E-state index is 12.2. The zero-order valence-electron chi connectivity index (χ0n) is 11.7. The van der Waals surface area contributed by atoms with Crippen LogP contribution in [0.2, 0.25) is 0 Å². The first-order valence-corrected chi connectivity index (χ1v) is 8.94. The number of anilines is 1. The van der Waals surface area contributed by atoms with Crippen LogP contribution in [0.25, 0.3) is 0 Å². The SMILES string of the molecule is O=C(Nc1nccs1)c1ncsc1CCN1CCCCC1. The molecule has 7 heteroatoms. The Hall–Kier alpha value is -1.31. The molecule has 1 amide bonds. The van der Waals surface area contributed by atoms with Crippen molar-refractivity contribution in [3.05, 3.63) is 27.7 Å². The van der Waals surface area contributed by atoms with E-state index >= 15 is 0 Å². The fraction of sp³-hybridized carbons (Fsp3) is 0.500. The van der Waals surface area contributed by atoms with Crippen molar-refractivity contribution in [3.63, 3.8) is 0 Å². The molecule has 112 valence electrons. The minimum absolute atomic E-state index is 0.153. The van der Waals surface area contributed by atoms with E-state index in [4.69, 9.17) is 0 Å². The zero-order chi connectivity index (χ0) is 14.5. The van der Waals surface area contributed by atoms with Crippen LogP contribution in [0.1, 0.15) is 34.6 Å². The number of aromatic nitrogens is 2. The molecule has 0 saturated carbocycles. The van der Waals surface area contributed by atoms with E-state index in [1.165, 1.54) is 43.7 Å². The molecule has 5 nitrogen and oxygen atoms in total. The van der Waals surface area contributed by atoms with Crippen LogP contribution in [-0.4, -0.2) is 40.4 Å². The molecule has 1 fully saturated rings. The number of carbonyl (C=O) groups is 1. The topological polar surface area (TPSA) is 58.1 Å². The predicted octanol–water partition coefficient (Wildman–Crippen LogP) is 2.88. The summed E-state index contributed by atoms with van der Waals surface area (Å²) in [4.78, 5) is 24.1. The third kappa shape index (κ3) is 3.87. The van der Waals surface area contributed by atoms with E-state index in [0.717, 1.165) is 17.8 Å². The number of rotatable bonds is 5. The van der Waals surface area contributed by atoms with E-state index in [1.807, 2.05) is 5.38 Å². The molecule has 0 bridgehead atoms. The van der Waals surface area contributed by atoms with Gasteiger partial charge in [0.05, 0.1) is 5.51 Å². The highest BCUT2D eigenvalue weighted by atomic mass is 32.1. The number of likely N-dealkylation sites (tertiary alicyclic amines) is 1. The van der Waals surface area contributed by atoms with Gasteiger partial charge >= 0.3 is 0 Å². The van der Waals surface area contributed by atoms with Gasteiger partial charge in [0.1, 0.15) is 5.69 Å². The second kappa shape index (κ2) is 7.11. The van der Waals surface area contributed by atoms with Gasteiger partial charge in [-0.25, -0.2) is 9.97 Å². The Bertz CT molecular complexity index is 576. The average Bonchev–Trinajstić information content (AvgIpc) is 3.17. The van der Waals surface area contributed by atoms with Crippen molar-refractivity contribution >= 4 is 33.7 Å². The maximum atomic E-state index is 12.2. The van der Waals surface area contributed by atoms with Crippen molar-refractivity contribution in [2.75, 3.05) is 25.0 Å². The lowest BCUT2D eigenvalue weighted by Gasteiger charge is -2.26. The number of nitrogens with zero attached hydrogens (tertiary/aromatic N) is 3. The van der Waals surface area contributed by atoms with Crippen LogP contribution in [0.5, 0.6) is 0 Å². The number of piperidine rings is 1. The van der Waals surface area contributed by atoms with Gasteiger partial charge in [0.15, 0.2) is 5.13 Å². The van der Waals surface area contributed by atoms with Crippen LogP contribution in [0, 0.1) is 0 Å². The summed E-state index contributed by atoms with van der Waals surface area (Å²) in [7, 11) is 0. The van der Waals surface area contributed by atoms with E-state index in [2.05, 4.69) is 20.2 Å². The summed E-state index contributed by atoms with van der Waals surface area (Å²) in [5, 5.41) is 5.26. The molecular formula is C14H18N4OS2. The minimum Gasteiger partial charge on any atom is -0.303 e. The summed E-state index contributed by atoms with van der Waals surface area (Å²) < 4.78 is 0. The number of amides is 1. The molecule has 21 heavy (non-hydrogen) atoms. The van der Waals surface area contributed by atoms with Gasteiger partial charge in [-0.15, -0.1) is 22.7 Å². The second-order valence-corrected chi connectivity index (χ2v) is 6.90. The Morgan fingerprint density at radius 3 is 2.86 bits per heavy atom. The fourth-order valence-corrected chi connectivity index (χ4v) is 3.79. The zero-order valence-corrected chi connectivity index (χ0v) is 13.4. The third-order valence-electron chi connectivity index (χ3n) is 3.61. The summed E-state index contributed by atoms with van der Waals surface area (Å²) in [6.45, 7) is 3.37. The summed E-state index contributed by atoms with van der Waals surface area (Å²) in [6, 6.07) is 0. The summed E-state index contributed by atoms with van der Waals surface area (Å²) in [5.41, 5.74) is 2.30. The van der Waals surface area contributed by atoms with Gasteiger partial charge in [0.25, 0.3) is 5.91 Å². The van der Waals surface area contributed by atoms with E-state index in [0.29, 0.717) is 10.8 Å². The number of hydrogen-bond acceptors (Lipinski definition) is 6. The molecule has 2 aromatic heterocycles. The largest absolute Gasteiger partial charge is 0.303 e. The van der Waals surface area contributed by atoms with Gasteiger partial charge in [-0.05, 0) is 32.4 Å². The Morgan fingerprint density at radius 1 is 1.24 bits per heavy atom. The highest BCUT2D eigenvalue weighted by Gasteiger charge is 2.17. The van der Waals surface area contributed by atoms with Crippen LogP contribution in [0.15, 0.2) is 17.1 Å². The molecule has 3 heterocycles. The smallest absolute Gasteiger partial charge is 0.277 e. The van der Waals surface area contributed by atoms with Crippen molar-refractivity contribution in [1.29, 1.82) is 0 Å². The van der Waals surface area contributed by atoms with Crippen molar-refractivity contribution in [2.45, 2.75) is 25.7 Å². The van der Waals surface area contributed by atoms with Gasteiger partial charge in [0, 0.05) is 23.0 Å². The van der Waals surface area contributed by atoms with Crippen LogP contribution in [-0.2, 0) is 6.42 Å². The van der Waals surface area contributed by atoms with Crippen LogP contribution in [0.3, 0.4) is 0 Å². The molecule has 1 saturated heterocycles.